The SMILES string of the molecule is CC.CC.CC.CC.CC.CC.CC.CC.CC.CC.CN1N=CCC1=O.Cc1nnn(C)n1.Cc1nnnn1C.Cn1cccc1.Cn1cccn1.Cn1ccnc1.Cn1ccnn1.Cn1cn[nH]c1=O.Cn1cncn1.Cn1cnnc1.Cn1nc[nH]c1=O.Cn1nccn1.Cn1nnn(C)c1=O. The second-order valence-electron chi connectivity index (χ2n) is 16.1. The molecule has 1 aliphatic heterocycles. The van der Waals surface area contributed by atoms with Crippen LogP contribution in [-0.4, -0.2) is 197 Å². The Morgan fingerprint density at radius 1 is 0.400 bits per heavy atom. The molecule has 0 bridgehead atoms. The van der Waals surface area contributed by atoms with Crippen LogP contribution < -0.4 is 17.1 Å². The van der Waals surface area contributed by atoms with E-state index in [-0.39, 0.29) is 23.0 Å². The summed E-state index contributed by atoms with van der Waals surface area (Å²) in [5.41, 5.74) is -0.565. The van der Waals surface area contributed by atoms with Gasteiger partial charge in [0.2, 0.25) is 5.91 Å². The Labute approximate surface area is 622 Å². The number of carbonyl (C=O) groups excluding carboxylic acids is 1. The van der Waals surface area contributed by atoms with E-state index in [1.807, 2.05) is 240 Å². The average molecular weight is 1490 g/mol. The first-order chi connectivity index (χ1) is 50.5. The molecule has 0 atom stereocenters. The molecule has 0 spiro atoms. The summed E-state index contributed by atoms with van der Waals surface area (Å²) in [7, 11) is 24.6. The molecular weight excluding hydrogens is 1350 g/mol. The van der Waals surface area contributed by atoms with E-state index < -0.39 is 0 Å². The molecule has 1 aliphatic rings. The lowest BCUT2D eigenvalue weighted by molar-refractivity contribution is -0.127. The quantitative estimate of drug-likeness (QED) is 0.154. The van der Waals surface area contributed by atoms with Crippen molar-refractivity contribution in [2.24, 2.45) is 96.7 Å². The number of nitrogens with one attached hydrogen (secondary N) is 2. The number of carbonyl (C=O) groups is 1. The highest BCUT2D eigenvalue weighted by molar-refractivity contribution is 5.93. The first-order valence-electron chi connectivity index (χ1n) is 34.3. The fourth-order valence-corrected chi connectivity index (χ4v) is 4.28. The maximum atomic E-state index is 10.6. The number of hydrazone groups is 1. The van der Waals surface area contributed by atoms with Crippen LogP contribution in [0.1, 0.15) is 157 Å². The summed E-state index contributed by atoms with van der Waals surface area (Å²) in [5.74, 6) is 1.61. The van der Waals surface area contributed by atoms with Gasteiger partial charge in [0.25, 0.3) is 0 Å². The van der Waals surface area contributed by atoms with Crippen LogP contribution >= 0.6 is 0 Å². The second kappa shape index (κ2) is 88.4. The molecule has 13 heterocycles. The maximum Gasteiger partial charge on any atom is 0.363 e. The zero-order valence-electron chi connectivity index (χ0n) is 70.1. The van der Waals surface area contributed by atoms with E-state index in [4.69, 9.17) is 0 Å². The Hall–Kier alpha value is -11.7. The number of aromatic nitrogens is 35. The van der Waals surface area contributed by atoms with Gasteiger partial charge >= 0.3 is 17.1 Å². The van der Waals surface area contributed by atoms with Gasteiger partial charge in [0.05, 0.1) is 38.4 Å². The second-order valence-corrected chi connectivity index (χ2v) is 16.1. The average Bonchev–Trinajstić information content (AvgIpc) is 1.73. The third-order valence-electron chi connectivity index (χ3n) is 8.78. The lowest BCUT2D eigenvalue weighted by Gasteiger charge is -1.98. The van der Waals surface area contributed by atoms with Crippen LogP contribution in [0.15, 0.2) is 144 Å². The fourth-order valence-electron chi connectivity index (χ4n) is 4.28. The van der Waals surface area contributed by atoms with Gasteiger partial charge in [0.15, 0.2) is 5.82 Å². The smallest absolute Gasteiger partial charge is 0.357 e. The molecular formula is C64H133N37O4. The van der Waals surface area contributed by atoms with Crippen molar-refractivity contribution in [3.05, 3.63) is 168 Å². The molecule has 41 nitrogen and oxygen atoms in total. The number of hydrogen-bond donors (Lipinski definition) is 2. The summed E-state index contributed by atoms with van der Waals surface area (Å²) in [6, 6.07) is 5.89. The van der Waals surface area contributed by atoms with Crippen molar-refractivity contribution < 1.29 is 4.79 Å². The largest absolute Gasteiger partial charge is 0.363 e. The van der Waals surface area contributed by atoms with Gasteiger partial charge in [-0.05, 0) is 58.1 Å². The standard InChI is InChI=1S/C5H7N.C4H6N2O.2C4H6N2.C3H6N4O.2C3H6N4.2C3H5N3O.4C3H5N3.10C2H6/c1-6-4-2-3-5-6;1-6-4(7)2-3-5-6;1-6-3-2-5-4-6;1-6-4-2-3-5-6;1-6-3(8)7(2)5-4-6;1-3-4-5-6-7(3)2;1-3-4-6-7(2)5-3;1-6-2-4-5-3(6)7;1-6-3(7)4-2-5-6;1-6-2-4-5-3-6;1-6-3-4-2-5-6;1-6-3-2-4-5-6;1-6-4-2-3-5-6;10*1-2/h2-5H,1H3;3H,2H2,1H3;2*2-4H,1H3;1-2H3;2*1-2H3;2H,1H3,(H,5,7);2H,1H3,(H,4,5,7);4*2-3H,1H3;10*1-2H3. The number of rotatable bonds is 0. The number of amides is 1. The van der Waals surface area contributed by atoms with E-state index in [1.54, 1.807) is 155 Å². The van der Waals surface area contributed by atoms with Crippen molar-refractivity contribution in [3.63, 3.8) is 0 Å². The van der Waals surface area contributed by atoms with Gasteiger partial charge in [-0.2, -0.15) is 54.7 Å². The van der Waals surface area contributed by atoms with Crippen molar-refractivity contribution in [1.82, 2.24) is 178 Å². The molecule has 0 radical (unpaired) electrons. The molecule has 41 heteroatoms. The zero-order chi connectivity index (χ0) is 83.4. The number of tetrazole rings is 3. The monoisotopic (exact) mass is 1480 g/mol. The first-order valence-corrected chi connectivity index (χ1v) is 34.3. The summed E-state index contributed by atoms with van der Waals surface area (Å²) in [6.45, 7) is 43.6. The number of aryl methyl sites for hydroxylation is 15. The molecule has 0 saturated carbocycles. The minimum Gasteiger partial charge on any atom is -0.357 e. The van der Waals surface area contributed by atoms with Gasteiger partial charge in [-0.1, -0.05) is 144 Å². The predicted octanol–water partition coefficient (Wildman–Crippen LogP) is 6.99. The van der Waals surface area contributed by atoms with E-state index >= 15 is 0 Å². The Morgan fingerprint density at radius 3 is 1.07 bits per heavy atom. The molecule has 2 N–H and O–H groups in total. The van der Waals surface area contributed by atoms with Crippen LogP contribution in [-0.2, 0) is 96.4 Å². The van der Waals surface area contributed by atoms with Crippen LogP contribution in [0.5, 0.6) is 0 Å². The van der Waals surface area contributed by atoms with Crippen molar-refractivity contribution >= 4 is 12.1 Å². The highest BCUT2D eigenvalue weighted by atomic mass is 16.2. The summed E-state index contributed by atoms with van der Waals surface area (Å²) >= 11 is 0. The zero-order valence-corrected chi connectivity index (χ0v) is 70.1. The Kier molecular flexibility index (Phi) is 96.4. The van der Waals surface area contributed by atoms with Gasteiger partial charge in [-0.25, -0.2) is 43.8 Å². The van der Waals surface area contributed by atoms with Gasteiger partial charge < -0.3 is 13.7 Å². The van der Waals surface area contributed by atoms with Gasteiger partial charge in [-0.15, -0.1) is 30.6 Å². The molecule has 0 aliphatic carbocycles. The first kappa shape index (κ1) is 115. The molecule has 0 saturated heterocycles. The lowest BCUT2D eigenvalue weighted by atomic mass is 10.5. The molecule has 0 aromatic carbocycles. The molecule has 598 valence electrons. The Bertz CT molecular complexity index is 3190. The molecule has 0 fully saturated rings. The van der Waals surface area contributed by atoms with Gasteiger partial charge in [0.1, 0.15) is 43.8 Å². The van der Waals surface area contributed by atoms with E-state index in [2.05, 4.69) is 118 Å². The third-order valence-corrected chi connectivity index (χ3v) is 8.78. The van der Waals surface area contributed by atoms with Crippen LogP contribution in [0, 0.1) is 13.8 Å². The van der Waals surface area contributed by atoms with E-state index in [0.29, 0.717) is 12.2 Å². The number of aromatic amines is 2. The van der Waals surface area contributed by atoms with Crippen LogP contribution in [0.3, 0.4) is 0 Å². The highest BCUT2D eigenvalue weighted by Gasteiger charge is 2.09. The topological polar surface area (TPSA) is 437 Å². The third kappa shape index (κ3) is 76.3. The van der Waals surface area contributed by atoms with Gasteiger partial charge in [-0.3, -0.25) is 28.4 Å². The summed E-state index contributed by atoms with van der Waals surface area (Å²) in [6.07, 6.45) is 31.0. The van der Waals surface area contributed by atoms with Gasteiger partial charge in [0, 0.05) is 141 Å². The Morgan fingerprint density at radius 2 is 0.943 bits per heavy atom. The molecule has 105 heavy (non-hydrogen) atoms. The van der Waals surface area contributed by atoms with Crippen LogP contribution in [0.25, 0.3) is 0 Å². The fraction of sp³-hybridized carbons (Fsp3) is 0.578. The lowest BCUT2D eigenvalue weighted by Crippen LogP contribution is -2.20. The molecule has 1 amide bonds. The maximum absolute atomic E-state index is 10.6. The number of imidazole rings is 1. The van der Waals surface area contributed by atoms with E-state index in [9.17, 15) is 19.2 Å². The van der Waals surface area contributed by atoms with E-state index in [0.717, 1.165) is 5.82 Å². The molecule has 12 aromatic rings. The molecule has 12 aromatic heterocycles. The number of H-pyrrole nitrogens is 2. The number of nitrogens with zero attached hydrogens (tertiary/aromatic N) is 35. The van der Waals surface area contributed by atoms with Crippen molar-refractivity contribution in [2.45, 2.75) is 159 Å². The summed E-state index contributed by atoms with van der Waals surface area (Å²) in [4.78, 5) is 54.2. The van der Waals surface area contributed by atoms with Crippen molar-refractivity contribution in [3.8, 4) is 0 Å². The summed E-state index contributed by atoms with van der Waals surface area (Å²) < 4.78 is 17.2. The minimum atomic E-state index is -0.204. The van der Waals surface area contributed by atoms with E-state index in [1.165, 1.54) is 52.2 Å². The molecule has 13 rings (SSSR count). The van der Waals surface area contributed by atoms with Crippen molar-refractivity contribution in [1.29, 1.82) is 0 Å². The predicted molar refractivity (Wildman–Crippen MR) is 416 cm³/mol. The minimum absolute atomic E-state index is 0.0694. The van der Waals surface area contributed by atoms with Crippen LogP contribution in [0.2, 0.25) is 0 Å². The highest BCUT2D eigenvalue weighted by Crippen LogP contribution is 1.95. The summed E-state index contributed by atoms with van der Waals surface area (Å²) in [5, 5.41) is 71.9. The molecule has 0 unspecified atom stereocenters. The normalized spacial score (nSPS) is 8.61. The van der Waals surface area contributed by atoms with Crippen molar-refractivity contribution in [2.75, 3.05) is 7.05 Å². The Balaban J connectivity index is -0.000000114. The number of hydrogen-bond acceptors (Lipinski definition) is 25. The van der Waals surface area contributed by atoms with Crippen LogP contribution in [0.4, 0.5) is 0 Å².